The SMILES string of the molecule is C=CCC1(CO)CCN(C)CC1. The summed E-state index contributed by atoms with van der Waals surface area (Å²) >= 11 is 0. The second-order valence-corrected chi connectivity index (χ2v) is 3.95. The average molecular weight is 169 g/mol. The number of likely N-dealkylation sites (tertiary alicyclic amines) is 1. The molecule has 0 saturated carbocycles. The first-order chi connectivity index (χ1) is 5.72. The Morgan fingerprint density at radius 1 is 1.50 bits per heavy atom. The van der Waals surface area contributed by atoms with Crippen molar-refractivity contribution in [1.29, 1.82) is 0 Å². The predicted octanol–water partition coefficient (Wildman–Crippen LogP) is 1.27. The van der Waals surface area contributed by atoms with E-state index in [0.29, 0.717) is 6.61 Å². The number of nitrogens with zero attached hydrogens (tertiary/aromatic N) is 1. The largest absolute Gasteiger partial charge is 0.396 e. The van der Waals surface area contributed by atoms with E-state index in [4.69, 9.17) is 0 Å². The van der Waals surface area contributed by atoms with Crippen LogP contribution in [0.2, 0.25) is 0 Å². The Morgan fingerprint density at radius 2 is 2.08 bits per heavy atom. The summed E-state index contributed by atoms with van der Waals surface area (Å²) in [7, 11) is 2.13. The minimum Gasteiger partial charge on any atom is -0.396 e. The molecule has 0 aromatic rings. The lowest BCUT2D eigenvalue weighted by Crippen LogP contribution is -2.39. The summed E-state index contributed by atoms with van der Waals surface area (Å²) in [6, 6.07) is 0. The molecule has 0 bridgehead atoms. The van der Waals surface area contributed by atoms with Crippen LogP contribution in [0.1, 0.15) is 19.3 Å². The molecule has 12 heavy (non-hydrogen) atoms. The topological polar surface area (TPSA) is 23.5 Å². The highest BCUT2D eigenvalue weighted by molar-refractivity contribution is 4.90. The van der Waals surface area contributed by atoms with Gasteiger partial charge in [0.25, 0.3) is 0 Å². The minimum absolute atomic E-state index is 0.147. The van der Waals surface area contributed by atoms with Crippen LogP contribution in [-0.4, -0.2) is 36.8 Å². The van der Waals surface area contributed by atoms with Gasteiger partial charge in [0.2, 0.25) is 0 Å². The first kappa shape index (κ1) is 9.75. The standard InChI is InChI=1S/C10H19NO/c1-3-4-10(9-12)5-7-11(2)8-6-10/h3,12H,1,4-9H2,2H3. The van der Waals surface area contributed by atoms with Gasteiger partial charge in [0.15, 0.2) is 0 Å². The molecular formula is C10H19NO. The second kappa shape index (κ2) is 4.06. The van der Waals surface area contributed by atoms with Gasteiger partial charge in [-0.1, -0.05) is 6.08 Å². The highest BCUT2D eigenvalue weighted by atomic mass is 16.3. The fraction of sp³-hybridized carbons (Fsp3) is 0.800. The van der Waals surface area contributed by atoms with Gasteiger partial charge in [-0.15, -0.1) is 6.58 Å². The van der Waals surface area contributed by atoms with Crippen LogP contribution in [0.5, 0.6) is 0 Å². The monoisotopic (exact) mass is 169 g/mol. The first-order valence-corrected chi connectivity index (χ1v) is 4.63. The maximum Gasteiger partial charge on any atom is 0.0491 e. The molecule has 0 unspecified atom stereocenters. The van der Waals surface area contributed by atoms with E-state index in [2.05, 4.69) is 18.5 Å². The van der Waals surface area contributed by atoms with Crippen molar-refractivity contribution < 1.29 is 5.11 Å². The molecule has 2 heteroatoms. The normalized spacial score (nSPS) is 23.8. The molecule has 1 heterocycles. The van der Waals surface area contributed by atoms with Gasteiger partial charge in [0, 0.05) is 6.61 Å². The number of aliphatic hydroxyl groups is 1. The number of hydrogen-bond acceptors (Lipinski definition) is 2. The molecule has 70 valence electrons. The van der Waals surface area contributed by atoms with Crippen molar-refractivity contribution in [3.8, 4) is 0 Å². The van der Waals surface area contributed by atoms with Crippen LogP contribution < -0.4 is 0 Å². The van der Waals surface area contributed by atoms with Gasteiger partial charge in [-0.05, 0) is 44.8 Å². The van der Waals surface area contributed by atoms with Gasteiger partial charge in [0.05, 0.1) is 0 Å². The van der Waals surface area contributed by atoms with Gasteiger partial charge in [-0.3, -0.25) is 0 Å². The highest BCUT2D eigenvalue weighted by Crippen LogP contribution is 2.34. The fourth-order valence-electron chi connectivity index (χ4n) is 1.83. The van der Waals surface area contributed by atoms with Gasteiger partial charge < -0.3 is 10.0 Å². The summed E-state index contributed by atoms with van der Waals surface area (Å²) in [5, 5.41) is 9.29. The van der Waals surface area contributed by atoms with Gasteiger partial charge in [-0.25, -0.2) is 0 Å². The summed E-state index contributed by atoms with van der Waals surface area (Å²) < 4.78 is 0. The molecule has 1 N–H and O–H groups in total. The third kappa shape index (κ3) is 2.08. The van der Waals surface area contributed by atoms with E-state index in [1.54, 1.807) is 0 Å². The third-order valence-corrected chi connectivity index (χ3v) is 2.96. The molecule has 2 nitrogen and oxygen atoms in total. The predicted molar refractivity (Wildman–Crippen MR) is 51.1 cm³/mol. The van der Waals surface area contributed by atoms with E-state index in [1.807, 2.05) is 6.08 Å². The Bertz CT molecular complexity index is 148. The van der Waals surface area contributed by atoms with Crippen LogP contribution >= 0.6 is 0 Å². The van der Waals surface area contributed by atoms with Crippen molar-refractivity contribution in [1.82, 2.24) is 4.90 Å². The smallest absolute Gasteiger partial charge is 0.0491 e. The fourth-order valence-corrected chi connectivity index (χ4v) is 1.83. The lowest BCUT2D eigenvalue weighted by atomic mass is 9.76. The molecule has 0 spiro atoms. The van der Waals surface area contributed by atoms with Crippen LogP contribution in [0.3, 0.4) is 0 Å². The lowest BCUT2D eigenvalue weighted by Gasteiger charge is -2.38. The molecule has 0 aromatic carbocycles. The average Bonchev–Trinajstić information content (AvgIpc) is 2.10. The van der Waals surface area contributed by atoms with Crippen molar-refractivity contribution in [3.63, 3.8) is 0 Å². The quantitative estimate of drug-likeness (QED) is 0.643. The number of allylic oxidation sites excluding steroid dienone is 1. The van der Waals surface area contributed by atoms with Gasteiger partial charge in [0.1, 0.15) is 0 Å². The molecule has 0 aliphatic carbocycles. The second-order valence-electron chi connectivity index (χ2n) is 3.95. The molecule has 0 aromatic heterocycles. The third-order valence-electron chi connectivity index (χ3n) is 2.96. The van der Waals surface area contributed by atoms with Crippen molar-refractivity contribution in [2.75, 3.05) is 26.7 Å². The van der Waals surface area contributed by atoms with E-state index in [1.165, 1.54) is 0 Å². The van der Waals surface area contributed by atoms with E-state index in [9.17, 15) is 5.11 Å². The van der Waals surface area contributed by atoms with E-state index in [-0.39, 0.29) is 5.41 Å². The molecular weight excluding hydrogens is 150 g/mol. The molecule has 1 fully saturated rings. The van der Waals surface area contributed by atoms with Crippen LogP contribution in [0.15, 0.2) is 12.7 Å². The van der Waals surface area contributed by atoms with Crippen LogP contribution in [0, 0.1) is 5.41 Å². The Balaban J connectivity index is 2.50. The summed E-state index contributed by atoms with van der Waals surface area (Å²) in [6.07, 6.45) is 5.09. The molecule has 0 atom stereocenters. The zero-order chi connectivity index (χ0) is 9.03. The number of hydrogen-bond donors (Lipinski definition) is 1. The Kier molecular flexibility index (Phi) is 3.29. The molecule has 1 aliphatic rings. The van der Waals surface area contributed by atoms with Crippen molar-refractivity contribution in [3.05, 3.63) is 12.7 Å². The van der Waals surface area contributed by atoms with Crippen LogP contribution in [0.25, 0.3) is 0 Å². The number of rotatable bonds is 3. The zero-order valence-corrected chi connectivity index (χ0v) is 7.92. The Hall–Kier alpha value is -0.340. The summed E-state index contributed by atoms with van der Waals surface area (Å²) in [6.45, 7) is 6.27. The number of aliphatic hydroxyl groups excluding tert-OH is 1. The van der Waals surface area contributed by atoms with E-state index < -0.39 is 0 Å². The zero-order valence-electron chi connectivity index (χ0n) is 7.92. The summed E-state index contributed by atoms with van der Waals surface area (Å²) in [5.41, 5.74) is 0.147. The van der Waals surface area contributed by atoms with E-state index in [0.717, 1.165) is 32.4 Å². The molecule has 0 radical (unpaired) electrons. The molecule has 1 saturated heterocycles. The van der Waals surface area contributed by atoms with Crippen molar-refractivity contribution in [2.45, 2.75) is 19.3 Å². The van der Waals surface area contributed by atoms with E-state index >= 15 is 0 Å². The highest BCUT2D eigenvalue weighted by Gasteiger charge is 2.31. The van der Waals surface area contributed by atoms with Gasteiger partial charge in [-0.2, -0.15) is 0 Å². The Morgan fingerprint density at radius 3 is 2.50 bits per heavy atom. The summed E-state index contributed by atoms with van der Waals surface area (Å²) in [5.74, 6) is 0. The number of piperidine rings is 1. The summed E-state index contributed by atoms with van der Waals surface area (Å²) in [4.78, 5) is 2.32. The maximum absolute atomic E-state index is 9.29. The van der Waals surface area contributed by atoms with Crippen LogP contribution in [-0.2, 0) is 0 Å². The maximum atomic E-state index is 9.29. The minimum atomic E-state index is 0.147. The van der Waals surface area contributed by atoms with Crippen molar-refractivity contribution in [2.24, 2.45) is 5.41 Å². The lowest BCUT2D eigenvalue weighted by molar-refractivity contribution is 0.0556. The van der Waals surface area contributed by atoms with Crippen molar-refractivity contribution >= 4 is 0 Å². The molecule has 1 rings (SSSR count). The molecule has 1 aliphatic heterocycles. The Labute approximate surface area is 74.9 Å². The molecule has 0 amide bonds. The van der Waals surface area contributed by atoms with Crippen LogP contribution in [0.4, 0.5) is 0 Å². The first-order valence-electron chi connectivity index (χ1n) is 4.63. The van der Waals surface area contributed by atoms with Gasteiger partial charge >= 0.3 is 0 Å².